The van der Waals surface area contributed by atoms with Crippen LogP contribution < -0.4 is 0 Å². The quantitative estimate of drug-likeness (QED) is 0.442. The molecule has 0 amide bonds. The van der Waals surface area contributed by atoms with Crippen molar-refractivity contribution < 1.29 is 9.47 Å². The second-order valence-corrected chi connectivity index (χ2v) is 9.13. The molecule has 1 saturated carbocycles. The molecule has 2 nitrogen and oxygen atoms in total. The van der Waals surface area contributed by atoms with E-state index in [1.54, 1.807) is 0 Å². The molecule has 0 unspecified atom stereocenters. The van der Waals surface area contributed by atoms with Gasteiger partial charge in [-0.2, -0.15) is 0 Å². The molecule has 0 N–H and O–H groups in total. The number of rotatable bonds is 0. The van der Waals surface area contributed by atoms with Gasteiger partial charge in [0.2, 0.25) is 0 Å². The molecule has 1 heterocycles. The summed E-state index contributed by atoms with van der Waals surface area (Å²) in [5, 5.41) is 0. The maximum absolute atomic E-state index is 5.97. The molecular weight excluding hydrogens is 384 g/mol. The van der Waals surface area contributed by atoms with E-state index in [-0.39, 0.29) is 10.8 Å². The molecule has 4 aliphatic rings. The second-order valence-electron chi connectivity index (χ2n) is 6.78. The van der Waals surface area contributed by atoms with E-state index in [2.05, 4.69) is 56.2 Å². The average molecular weight is 404 g/mol. The fraction of sp³-hybridized carbons (Fsp3) is 0.750. The molecule has 0 radical (unpaired) electrons. The number of ether oxygens (including phenoxy) is 2. The van der Waals surface area contributed by atoms with Crippen molar-refractivity contribution >= 4 is 31.9 Å². The molecule has 2 fully saturated rings. The Hall–Kier alpha value is 0.360. The Labute approximate surface area is 137 Å². The number of halogens is 2. The lowest BCUT2D eigenvalue weighted by molar-refractivity contribution is -0.175. The molecule has 4 atom stereocenters. The molecule has 20 heavy (non-hydrogen) atoms. The fourth-order valence-corrected chi connectivity index (χ4v) is 6.28. The third-order valence-electron chi connectivity index (χ3n) is 5.77. The van der Waals surface area contributed by atoms with E-state index in [4.69, 9.17) is 9.47 Å². The standard InChI is InChI=1S/C16H20Br2O2/c17-12-9-14-3-1-2-4-15(14,10-13(12)18)11-16(6-5-14)19-7-8-20-16/h1-2,5-6,12-13H,3-4,7-11H2/t12-,13-,14+,15+/m1/s1. The van der Waals surface area contributed by atoms with E-state index >= 15 is 0 Å². The largest absolute Gasteiger partial charge is 0.344 e. The van der Waals surface area contributed by atoms with Gasteiger partial charge in [0, 0.05) is 16.1 Å². The molecule has 4 heteroatoms. The Morgan fingerprint density at radius 1 is 0.900 bits per heavy atom. The SMILES string of the molecule is Br[C@@H]1C[C@]23C=CC4(C[C@]2(CC=CC3)C[C@H]1Br)OCCO4. The molecule has 110 valence electrons. The van der Waals surface area contributed by atoms with Crippen molar-refractivity contribution in [2.24, 2.45) is 10.8 Å². The highest BCUT2D eigenvalue weighted by molar-refractivity contribution is 9.12. The summed E-state index contributed by atoms with van der Waals surface area (Å²) in [4.78, 5) is 1.08. The van der Waals surface area contributed by atoms with Crippen molar-refractivity contribution in [3.05, 3.63) is 24.3 Å². The summed E-state index contributed by atoms with van der Waals surface area (Å²) in [5.74, 6) is -0.444. The highest BCUT2D eigenvalue weighted by Crippen LogP contribution is 2.65. The minimum Gasteiger partial charge on any atom is -0.344 e. The summed E-state index contributed by atoms with van der Waals surface area (Å²) in [6.07, 6.45) is 15.1. The normalized spacial score (nSPS) is 49.1. The van der Waals surface area contributed by atoms with Gasteiger partial charge in [0.15, 0.2) is 5.79 Å². The number of allylic oxidation sites excluding steroid dienone is 3. The Kier molecular flexibility index (Phi) is 3.27. The van der Waals surface area contributed by atoms with Gasteiger partial charge in [0.1, 0.15) is 0 Å². The summed E-state index contributed by atoms with van der Waals surface area (Å²) in [6.45, 7) is 1.45. The monoisotopic (exact) mass is 402 g/mol. The lowest BCUT2D eigenvalue weighted by atomic mass is 9.47. The molecule has 4 rings (SSSR count). The zero-order chi connectivity index (χ0) is 13.8. The van der Waals surface area contributed by atoms with Gasteiger partial charge in [-0.25, -0.2) is 0 Å². The van der Waals surface area contributed by atoms with E-state index in [1.165, 1.54) is 12.8 Å². The molecule has 1 aliphatic heterocycles. The Bertz CT molecular complexity index is 469. The number of hydrogen-bond acceptors (Lipinski definition) is 2. The van der Waals surface area contributed by atoms with Gasteiger partial charge in [-0.1, -0.05) is 50.1 Å². The molecule has 0 aromatic carbocycles. The first-order valence-electron chi connectivity index (χ1n) is 7.50. The van der Waals surface area contributed by atoms with Crippen LogP contribution in [0.1, 0.15) is 32.1 Å². The Morgan fingerprint density at radius 2 is 1.60 bits per heavy atom. The fourth-order valence-electron chi connectivity index (χ4n) is 4.70. The minimum atomic E-state index is -0.444. The Morgan fingerprint density at radius 3 is 2.40 bits per heavy atom. The van der Waals surface area contributed by atoms with Crippen LogP contribution in [-0.4, -0.2) is 28.7 Å². The van der Waals surface area contributed by atoms with Gasteiger partial charge in [-0.15, -0.1) is 0 Å². The van der Waals surface area contributed by atoms with Crippen LogP contribution in [0.5, 0.6) is 0 Å². The molecule has 1 saturated heterocycles. The smallest absolute Gasteiger partial charge is 0.188 e. The summed E-state index contributed by atoms with van der Waals surface area (Å²) in [6, 6.07) is 0. The van der Waals surface area contributed by atoms with Gasteiger partial charge < -0.3 is 9.47 Å². The first kappa shape index (κ1) is 14.0. The van der Waals surface area contributed by atoms with E-state index in [9.17, 15) is 0 Å². The maximum atomic E-state index is 5.97. The molecule has 0 bridgehead atoms. The van der Waals surface area contributed by atoms with Crippen molar-refractivity contribution in [2.75, 3.05) is 13.2 Å². The van der Waals surface area contributed by atoms with Crippen LogP contribution in [0.15, 0.2) is 24.3 Å². The maximum Gasteiger partial charge on any atom is 0.188 e. The van der Waals surface area contributed by atoms with Crippen LogP contribution in [-0.2, 0) is 9.47 Å². The molecule has 0 aromatic rings. The highest BCUT2D eigenvalue weighted by atomic mass is 79.9. The summed E-state index contributed by atoms with van der Waals surface area (Å²) < 4.78 is 11.9. The van der Waals surface area contributed by atoms with Gasteiger partial charge >= 0.3 is 0 Å². The summed E-state index contributed by atoms with van der Waals surface area (Å²) in [5.41, 5.74) is 0.556. The van der Waals surface area contributed by atoms with Gasteiger partial charge in [-0.3, -0.25) is 0 Å². The Balaban J connectivity index is 1.78. The van der Waals surface area contributed by atoms with Crippen LogP contribution in [0.3, 0.4) is 0 Å². The van der Waals surface area contributed by atoms with Crippen LogP contribution in [0, 0.1) is 10.8 Å². The van der Waals surface area contributed by atoms with E-state index in [1.807, 2.05) is 0 Å². The zero-order valence-corrected chi connectivity index (χ0v) is 14.7. The summed E-state index contributed by atoms with van der Waals surface area (Å²) in [7, 11) is 0. The summed E-state index contributed by atoms with van der Waals surface area (Å²) >= 11 is 7.77. The number of alkyl halides is 2. The van der Waals surface area contributed by atoms with Crippen LogP contribution in [0.4, 0.5) is 0 Å². The van der Waals surface area contributed by atoms with Crippen molar-refractivity contribution in [3.8, 4) is 0 Å². The number of hydrogen-bond donors (Lipinski definition) is 0. The van der Waals surface area contributed by atoms with E-state index in [0.29, 0.717) is 9.65 Å². The third kappa shape index (κ3) is 1.87. The van der Waals surface area contributed by atoms with Crippen molar-refractivity contribution in [1.29, 1.82) is 0 Å². The first-order valence-corrected chi connectivity index (χ1v) is 9.34. The van der Waals surface area contributed by atoms with E-state index < -0.39 is 5.79 Å². The minimum absolute atomic E-state index is 0.277. The predicted molar refractivity (Wildman–Crippen MR) is 86.3 cm³/mol. The zero-order valence-electron chi connectivity index (χ0n) is 11.5. The molecule has 0 aromatic heterocycles. The first-order chi connectivity index (χ1) is 9.59. The second kappa shape index (κ2) is 4.68. The van der Waals surface area contributed by atoms with Crippen molar-refractivity contribution in [1.82, 2.24) is 0 Å². The molecule has 3 aliphatic carbocycles. The lowest BCUT2D eigenvalue weighted by Gasteiger charge is -2.60. The molecule has 1 spiro atoms. The van der Waals surface area contributed by atoms with Crippen LogP contribution in [0.25, 0.3) is 0 Å². The topological polar surface area (TPSA) is 18.5 Å². The van der Waals surface area contributed by atoms with Crippen LogP contribution in [0.2, 0.25) is 0 Å². The van der Waals surface area contributed by atoms with Gasteiger partial charge in [0.05, 0.1) is 13.2 Å². The van der Waals surface area contributed by atoms with E-state index in [0.717, 1.165) is 32.5 Å². The predicted octanol–water partition coefficient (Wildman–Crippen LogP) is 4.33. The van der Waals surface area contributed by atoms with Crippen LogP contribution >= 0.6 is 31.9 Å². The third-order valence-corrected chi connectivity index (χ3v) is 8.40. The average Bonchev–Trinajstić information content (AvgIpc) is 2.87. The van der Waals surface area contributed by atoms with Gasteiger partial charge in [0.25, 0.3) is 0 Å². The van der Waals surface area contributed by atoms with Gasteiger partial charge in [-0.05, 0) is 42.6 Å². The lowest BCUT2D eigenvalue weighted by Crippen LogP contribution is -2.56. The van der Waals surface area contributed by atoms with Crippen molar-refractivity contribution in [2.45, 2.75) is 47.5 Å². The highest BCUT2D eigenvalue weighted by Gasteiger charge is 2.61. The molecular formula is C16H20Br2O2. The van der Waals surface area contributed by atoms with Crippen molar-refractivity contribution in [3.63, 3.8) is 0 Å².